The molecular weight excluding hydrogens is 422 g/mol. The van der Waals surface area contributed by atoms with Crippen LogP contribution < -0.4 is 15.5 Å². The van der Waals surface area contributed by atoms with E-state index in [0.29, 0.717) is 37.6 Å². The first kappa shape index (κ1) is 22.7. The van der Waals surface area contributed by atoms with Gasteiger partial charge in [-0.3, -0.25) is 9.69 Å². The summed E-state index contributed by atoms with van der Waals surface area (Å²) in [6.07, 6.45) is 3.13. The van der Waals surface area contributed by atoms with E-state index in [2.05, 4.69) is 10.6 Å². The van der Waals surface area contributed by atoms with Crippen LogP contribution in [0.1, 0.15) is 50.1 Å². The number of likely N-dealkylation sites (tertiary alicyclic amines) is 1. The van der Waals surface area contributed by atoms with Gasteiger partial charge in [0.15, 0.2) is 0 Å². The lowest BCUT2D eigenvalue weighted by molar-refractivity contribution is 0.0187. The predicted molar refractivity (Wildman–Crippen MR) is 126 cm³/mol. The summed E-state index contributed by atoms with van der Waals surface area (Å²) in [4.78, 5) is 40.5. The Morgan fingerprint density at radius 2 is 1.76 bits per heavy atom. The highest BCUT2D eigenvalue weighted by Crippen LogP contribution is 2.26. The number of ether oxygens (including phenoxy) is 1. The number of anilines is 2. The third-order valence-corrected chi connectivity index (χ3v) is 5.81. The van der Waals surface area contributed by atoms with E-state index in [1.54, 1.807) is 28.0 Å². The Bertz CT molecular complexity index is 1020. The molecule has 4 rings (SSSR count). The molecule has 0 radical (unpaired) electrons. The van der Waals surface area contributed by atoms with E-state index in [0.717, 1.165) is 18.5 Å². The quantitative estimate of drug-likeness (QED) is 0.735. The topological polar surface area (TPSA) is 95.9 Å². The van der Waals surface area contributed by atoms with E-state index in [1.807, 2.05) is 49.7 Å². The van der Waals surface area contributed by atoms with E-state index in [1.165, 1.54) is 0 Å². The monoisotopic (exact) mass is 453 g/mol. The number of carbonyl (C=O) groups excluding carboxylic acids is 3. The van der Waals surface area contributed by atoms with Gasteiger partial charge in [-0.15, -0.1) is 0 Å². The van der Waals surface area contributed by atoms with Crippen molar-refractivity contribution in [3.05, 3.63) is 48.3 Å². The number of urea groups is 1. The van der Waals surface area contributed by atoms with Crippen molar-refractivity contribution in [1.29, 1.82) is 0 Å². The van der Waals surface area contributed by atoms with Gasteiger partial charge >= 0.3 is 12.1 Å². The highest BCUT2D eigenvalue weighted by atomic mass is 16.6. The van der Waals surface area contributed by atoms with Gasteiger partial charge < -0.3 is 24.8 Å². The van der Waals surface area contributed by atoms with Gasteiger partial charge in [-0.1, -0.05) is 0 Å². The van der Waals surface area contributed by atoms with E-state index < -0.39 is 5.60 Å². The third kappa shape index (κ3) is 5.30. The summed E-state index contributed by atoms with van der Waals surface area (Å²) < 4.78 is 7.46. The average Bonchev–Trinajstić information content (AvgIpc) is 3.42. The molecule has 0 aliphatic carbocycles. The van der Waals surface area contributed by atoms with Gasteiger partial charge in [-0.25, -0.2) is 9.59 Å². The zero-order valence-corrected chi connectivity index (χ0v) is 19.3. The molecule has 1 aromatic heterocycles. The maximum Gasteiger partial charge on any atom is 0.410 e. The molecule has 2 aromatic rings. The van der Waals surface area contributed by atoms with Crippen molar-refractivity contribution in [3.8, 4) is 0 Å². The molecule has 176 valence electrons. The molecule has 2 aliphatic heterocycles. The lowest BCUT2D eigenvalue weighted by Gasteiger charge is -2.34. The second-order valence-electron chi connectivity index (χ2n) is 9.38. The summed E-state index contributed by atoms with van der Waals surface area (Å²) in [7, 11) is 0. The molecular formula is C24H31N5O4. The lowest BCUT2D eigenvalue weighted by Crippen LogP contribution is -2.42. The van der Waals surface area contributed by atoms with Gasteiger partial charge in [0, 0.05) is 49.8 Å². The average molecular weight is 454 g/mol. The molecule has 0 spiro atoms. The number of piperidine rings is 1. The van der Waals surface area contributed by atoms with Crippen molar-refractivity contribution in [2.45, 2.75) is 45.3 Å². The molecule has 1 aromatic carbocycles. The van der Waals surface area contributed by atoms with Crippen LogP contribution in [0.25, 0.3) is 0 Å². The summed E-state index contributed by atoms with van der Waals surface area (Å²) in [5.41, 5.74) is 1.52. The molecule has 4 amide bonds. The SMILES string of the molecule is CC(C)(C)OC(=O)N1CCC(n2cccc2C(=O)Nc2ccc(N3CCNC3=O)cc2)CC1. The first-order valence-electron chi connectivity index (χ1n) is 11.3. The first-order chi connectivity index (χ1) is 15.7. The van der Waals surface area contributed by atoms with E-state index in [9.17, 15) is 14.4 Å². The zero-order chi connectivity index (χ0) is 23.6. The summed E-state index contributed by atoms with van der Waals surface area (Å²) >= 11 is 0. The van der Waals surface area contributed by atoms with Crippen molar-refractivity contribution < 1.29 is 19.1 Å². The highest BCUT2D eigenvalue weighted by molar-refractivity contribution is 6.03. The minimum atomic E-state index is -0.515. The number of nitrogens with one attached hydrogen (secondary N) is 2. The van der Waals surface area contributed by atoms with Crippen molar-refractivity contribution in [3.63, 3.8) is 0 Å². The van der Waals surface area contributed by atoms with Crippen molar-refractivity contribution >= 4 is 29.4 Å². The second-order valence-corrected chi connectivity index (χ2v) is 9.38. The lowest BCUT2D eigenvalue weighted by atomic mass is 10.0. The fourth-order valence-electron chi connectivity index (χ4n) is 4.20. The van der Waals surface area contributed by atoms with Crippen LogP contribution in [0, 0.1) is 0 Å². The van der Waals surface area contributed by atoms with Gasteiger partial charge in [0.2, 0.25) is 0 Å². The Labute approximate surface area is 193 Å². The number of hydrogen-bond acceptors (Lipinski definition) is 4. The summed E-state index contributed by atoms with van der Waals surface area (Å²) in [6.45, 7) is 8.02. The number of hydrogen-bond donors (Lipinski definition) is 2. The fraction of sp³-hybridized carbons (Fsp3) is 0.458. The standard InChI is InChI=1S/C24H31N5O4/c1-24(2,3)33-23(32)27-14-10-19(11-15-27)28-13-4-5-20(28)21(30)26-17-6-8-18(9-7-17)29-16-12-25-22(29)31/h4-9,13,19H,10-12,14-16H2,1-3H3,(H,25,31)(H,26,30). The Kier molecular flexibility index (Phi) is 6.31. The van der Waals surface area contributed by atoms with Crippen LogP contribution >= 0.6 is 0 Å². The summed E-state index contributed by atoms with van der Waals surface area (Å²) in [5, 5.41) is 5.72. The van der Waals surface area contributed by atoms with Crippen LogP contribution in [0.2, 0.25) is 0 Å². The van der Waals surface area contributed by atoms with E-state index in [4.69, 9.17) is 4.74 Å². The number of aromatic nitrogens is 1. The normalized spacial score (nSPS) is 17.1. The molecule has 0 atom stereocenters. The summed E-state index contributed by atoms with van der Waals surface area (Å²) in [6, 6.07) is 10.9. The molecule has 2 saturated heterocycles. The van der Waals surface area contributed by atoms with Gasteiger partial charge in [0.25, 0.3) is 5.91 Å². The van der Waals surface area contributed by atoms with Crippen LogP contribution in [-0.2, 0) is 4.74 Å². The molecule has 33 heavy (non-hydrogen) atoms. The molecule has 3 heterocycles. The second kappa shape index (κ2) is 9.17. The molecule has 0 bridgehead atoms. The fourth-order valence-corrected chi connectivity index (χ4v) is 4.20. The van der Waals surface area contributed by atoms with Crippen molar-refractivity contribution in [2.24, 2.45) is 0 Å². The van der Waals surface area contributed by atoms with E-state index in [-0.39, 0.29) is 24.1 Å². The van der Waals surface area contributed by atoms with Crippen LogP contribution in [-0.4, -0.2) is 59.3 Å². The van der Waals surface area contributed by atoms with Gasteiger partial charge in [-0.05, 0) is 70.0 Å². The van der Waals surface area contributed by atoms with E-state index >= 15 is 0 Å². The minimum Gasteiger partial charge on any atom is -0.444 e. The largest absolute Gasteiger partial charge is 0.444 e. The number of benzene rings is 1. The number of amides is 4. The molecule has 9 nitrogen and oxygen atoms in total. The summed E-state index contributed by atoms with van der Waals surface area (Å²) in [5.74, 6) is -0.193. The van der Waals surface area contributed by atoms with Gasteiger partial charge in [0.05, 0.1) is 0 Å². The third-order valence-electron chi connectivity index (χ3n) is 5.81. The molecule has 2 N–H and O–H groups in total. The maximum atomic E-state index is 13.0. The Morgan fingerprint density at radius 3 is 2.36 bits per heavy atom. The molecule has 2 fully saturated rings. The van der Waals surface area contributed by atoms with Gasteiger partial charge in [0.1, 0.15) is 11.3 Å². The van der Waals surface area contributed by atoms with Crippen molar-refractivity contribution in [2.75, 3.05) is 36.4 Å². The number of rotatable bonds is 4. The maximum absolute atomic E-state index is 13.0. The predicted octanol–water partition coefficient (Wildman–Crippen LogP) is 3.84. The van der Waals surface area contributed by atoms with Crippen molar-refractivity contribution in [1.82, 2.24) is 14.8 Å². The minimum absolute atomic E-state index is 0.109. The van der Waals surface area contributed by atoms with Crippen LogP contribution in [0.15, 0.2) is 42.6 Å². The number of nitrogens with zero attached hydrogens (tertiary/aromatic N) is 3. The molecule has 0 saturated carbocycles. The van der Waals surface area contributed by atoms with Gasteiger partial charge in [-0.2, -0.15) is 0 Å². The highest BCUT2D eigenvalue weighted by Gasteiger charge is 2.29. The number of carbonyl (C=O) groups is 3. The van der Waals surface area contributed by atoms with Crippen LogP contribution in [0.3, 0.4) is 0 Å². The van der Waals surface area contributed by atoms with Crippen LogP contribution in [0.5, 0.6) is 0 Å². The molecule has 9 heteroatoms. The zero-order valence-electron chi connectivity index (χ0n) is 19.3. The van der Waals surface area contributed by atoms with Crippen LogP contribution in [0.4, 0.5) is 21.0 Å². The Hall–Kier alpha value is -3.49. The molecule has 2 aliphatic rings. The first-order valence-corrected chi connectivity index (χ1v) is 11.3. The Morgan fingerprint density at radius 1 is 1.06 bits per heavy atom. The smallest absolute Gasteiger partial charge is 0.410 e. The molecule has 0 unspecified atom stereocenters. The Balaban J connectivity index is 1.36.